The first kappa shape index (κ1) is 14.1. The summed E-state index contributed by atoms with van der Waals surface area (Å²) >= 11 is 3.36. The third-order valence-corrected chi connectivity index (χ3v) is 3.72. The number of halogens is 1. The van der Waals surface area contributed by atoms with Crippen LogP contribution in [-0.4, -0.2) is 9.78 Å². The molecule has 2 aromatic carbocycles. The van der Waals surface area contributed by atoms with Crippen LogP contribution >= 0.6 is 15.9 Å². The average Bonchev–Trinajstić information content (AvgIpc) is 3.04. The molecule has 104 valence electrons. The summed E-state index contributed by atoms with van der Waals surface area (Å²) in [6.45, 7) is 0. The SMILES string of the molecule is N#Cc1ccc(-n2ccc(-c3ccc(Br)cc3C#N)n2)cc1. The molecular formula is C17H9BrN4. The first-order valence-corrected chi connectivity index (χ1v) is 7.27. The zero-order chi connectivity index (χ0) is 15.5. The van der Waals surface area contributed by atoms with Crippen molar-refractivity contribution in [1.82, 2.24) is 9.78 Å². The van der Waals surface area contributed by atoms with Gasteiger partial charge in [0.1, 0.15) is 0 Å². The Balaban J connectivity index is 2.01. The largest absolute Gasteiger partial charge is 0.240 e. The van der Waals surface area contributed by atoms with Crippen LogP contribution in [0.3, 0.4) is 0 Å². The van der Waals surface area contributed by atoms with E-state index in [1.54, 1.807) is 22.9 Å². The van der Waals surface area contributed by atoms with E-state index in [0.29, 0.717) is 11.1 Å². The van der Waals surface area contributed by atoms with E-state index in [9.17, 15) is 5.26 Å². The second-order valence-corrected chi connectivity index (χ2v) is 5.52. The lowest BCUT2D eigenvalue weighted by Crippen LogP contribution is -1.95. The molecule has 0 saturated heterocycles. The predicted octanol–water partition coefficient (Wildman–Crippen LogP) is 4.05. The van der Waals surface area contributed by atoms with Crippen LogP contribution in [0.4, 0.5) is 0 Å². The molecule has 5 heteroatoms. The second-order valence-electron chi connectivity index (χ2n) is 4.61. The van der Waals surface area contributed by atoms with Gasteiger partial charge in [-0.3, -0.25) is 0 Å². The fourth-order valence-electron chi connectivity index (χ4n) is 2.13. The molecule has 0 bridgehead atoms. The quantitative estimate of drug-likeness (QED) is 0.701. The van der Waals surface area contributed by atoms with Gasteiger partial charge in [-0.25, -0.2) is 4.68 Å². The van der Waals surface area contributed by atoms with E-state index in [2.05, 4.69) is 33.2 Å². The summed E-state index contributed by atoms with van der Waals surface area (Å²) in [5.41, 5.74) is 3.56. The molecule has 0 aliphatic carbocycles. The molecule has 0 aliphatic heterocycles. The Kier molecular flexibility index (Phi) is 3.74. The lowest BCUT2D eigenvalue weighted by atomic mass is 10.1. The number of hydrogen-bond acceptors (Lipinski definition) is 3. The summed E-state index contributed by atoms with van der Waals surface area (Å²) in [7, 11) is 0. The molecule has 3 rings (SSSR count). The first-order valence-electron chi connectivity index (χ1n) is 6.47. The van der Waals surface area contributed by atoms with Crippen LogP contribution in [0, 0.1) is 22.7 Å². The van der Waals surface area contributed by atoms with Crippen molar-refractivity contribution in [3.8, 4) is 29.1 Å². The molecule has 0 saturated carbocycles. The van der Waals surface area contributed by atoms with Crippen LogP contribution in [0.15, 0.2) is 59.2 Å². The van der Waals surface area contributed by atoms with E-state index < -0.39 is 0 Å². The Hall–Kier alpha value is -2.89. The van der Waals surface area contributed by atoms with E-state index in [0.717, 1.165) is 21.4 Å². The number of nitrogens with zero attached hydrogens (tertiary/aromatic N) is 4. The zero-order valence-electron chi connectivity index (χ0n) is 11.4. The molecule has 22 heavy (non-hydrogen) atoms. The maximum Gasteiger partial charge on any atom is 0.0999 e. The van der Waals surface area contributed by atoms with Crippen LogP contribution in [0.5, 0.6) is 0 Å². The fourth-order valence-corrected chi connectivity index (χ4v) is 2.49. The highest BCUT2D eigenvalue weighted by Gasteiger charge is 2.09. The maximum atomic E-state index is 9.25. The Labute approximate surface area is 136 Å². The minimum Gasteiger partial charge on any atom is -0.240 e. The van der Waals surface area contributed by atoms with Crippen LogP contribution < -0.4 is 0 Å². The van der Waals surface area contributed by atoms with Crippen molar-refractivity contribution in [1.29, 1.82) is 10.5 Å². The highest BCUT2D eigenvalue weighted by molar-refractivity contribution is 9.10. The van der Waals surface area contributed by atoms with Crippen LogP contribution in [0.1, 0.15) is 11.1 Å². The molecule has 0 atom stereocenters. The minimum atomic E-state index is 0.569. The van der Waals surface area contributed by atoms with Crippen LogP contribution in [0.25, 0.3) is 16.9 Å². The number of nitriles is 2. The first-order chi connectivity index (χ1) is 10.7. The van der Waals surface area contributed by atoms with E-state index in [4.69, 9.17) is 5.26 Å². The van der Waals surface area contributed by atoms with Crippen molar-refractivity contribution in [2.45, 2.75) is 0 Å². The normalized spacial score (nSPS) is 9.95. The Morgan fingerprint density at radius 1 is 0.955 bits per heavy atom. The molecule has 0 radical (unpaired) electrons. The number of hydrogen-bond donors (Lipinski definition) is 0. The minimum absolute atomic E-state index is 0.569. The monoisotopic (exact) mass is 348 g/mol. The summed E-state index contributed by atoms with van der Waals surface area (Å²) < 4.78 is 2.58. The van der Waals surface area contributed by atoms with Gasteiger partial charge in [-0.2, -0.15) is 15.6 Å². The summed E-state index contributed by atoms with van der Waals surface area (Å²) in [4.78, 5) is 0. The van der Waals surface area contributed by atoms with Crippen molar-refractivity contribution in [3.63, 3.8) is 0 Å². The van der Waals surface area contributed by atoms with Crippen molar-refractivity contribution in [2.75, 3.05) is 0 Å². The Morgan fingerprint density at radius 3 is 2.41 bits per heavy atom. The third kappa shape index (κ3) is 2.63. The van der Waals surface area contributed by atoms with Gasteiger partial charge in [0.15, 0.2) is 0 Å². The highest BCUT2D eigenvalue weighted by atomic mass is 79.9. The van der Waals surface area contributed by atoms with Gasteiger partial charge in [-0.15, -0.1) is 0 Å². The standard InChI is InChI=1S/C17H9BrN4/c18-14-3-6-16(13(9-14)11-20)17-7-8-22(21-17)15-4-1-12(10-19)2-5-15/h1-9H. The summed E-state index contributed by atoms with van der Waals surface area (Å²) in [5, 5.41) is 22.6. The maximum absolute atomic E-state index is 9.25. The van der Waals surface area contributed by atoms with E-state index >= 15 is 0 Å². The molecular weight excluding hydrogens is 340 g/mol. The third-order valence-electron chi connectivity index (χ3n) is 3.23. The molecule has 0 amide bonds. The molecule has 0 N–H and O–H groups in total. The molecule has 1 heterocycles. The van der Waals surface area contributed by atoms with Gasteiger partial charge < -0.3 is 0 Å². The molecule has 1 aromatic heterocycles. The Morgan fingerprint density at radius 2 is 1.73 bits per heavy atom. The van der Waals surface area contributed by atoms with Gasteiger partial charge in [-0.1, -0.05) is 22.0 Å². The lowest BCUT2D eigenvalue weighted by Gasteiger charge is -2.03. The topological polar surface area (TPSA) is 65.4 Å². The van der Waals surface area contributed by atoms with Crippen molar-refractivity contribution >= 4 is 15.9 Å². The second kappa shape index (κ2) is 5.85. The van der Waals surface area contributed by atoms with Crippen LogP contribution in [-0.2, 0) is 0 Å². The van der Waals surface area contributed by atoms with Crippen molar-refractivity contribution < 1.29 is 0 Å². The number of rotatable bonds is 2. The van der Waals surface area contributed by atoms with E-state index in [-0.39, 0.29) is 0 Å². The molecule has 0 aliphatic rings. The fraction of sp³-hybridized carbons (Fsp3) is 0. The smallest absolute Gasteiger partial charge is 0.0999 e. The van der Waals surface area contributed by atoms with E-state index in [1.807, 2.05) is 36.5 Å². The molecule has 0 unspecified atom stereocenters. The van der Waals surface area contributed by atoms with Gasteiger partial charge in [0.25, 0.3) is 0 Å². The number of benzene rings is 2. The zero-order valence-corrected chi connectivity index (χ0v) is 12.9. The lowest BCUT2D eigenvalue weighted by molar-refractivity contribution is 0.884. The summed E-state index contributed by atoms with van der Waals surface area (Å²) in [6.07, 6.45) is 1.83. The molecule has 3 aromatic rings. The van der Waals surface area contributed by atoms with Gasteiger partial charge in [0, 0.05) is 16.2 Å². The van der Waals surface area contributed by atoms with Gasteiger partial charge in [-0.05, 0) is 42.5 Å². The van der Waals surface area contributed by atoms with Gasteiger partial charge >= 0.3 is 0 Å². The summed E-state index contributed by atoms with van der Waals surface area (Å²) in [5.74, 6) is 0. The van der Waals surface area contributed by atoms with Gasteiger partial charge in [0.05, 0.1) is 34.6 Å². The highest BCUT2D eigenvalue weighted by Crippen LogP contribution is 2.25. The van der Waals surface area contributed by atoms with E-state index in [1.165, 1.54) is 0 Å². The van der Waals surface area contributed by atoms with Crippen molar-refractivity contribution in [2.24, 2.45) is 0 Å². The molecule has 0 fully saturated rings. The van der Waals surface area contributed by atoms with Crippen molar-refractivity contribution in [3.05, 3.63) is 70.3 Å². The molecule has 0 spiro atoms. The number of aromatic nitrogens is 2. The molecule has 4 nitrogen and oxygen atoms in total. The summed E-state index contributed by atoms with van der Waals surface area (Å²) in [6, 6.07) is 18.8. The van der Waals surface area contributed by atoms with Crippen LogP contribution in [0.2, 0.25) is 0 Å². The average molecular weight is 349 g/mol. The van der Waals surface area contributed by atoms with Gasteiger partial charge in [0.2, 0.25) is 0 Å². The Bertz CT molecular complexity index is 911. The predicted molar refractivity (Wildman–Crippen MR) is 86.1 cm³/mol.